The van der Waals surface area contributed by atoms with Crippen molar-refractivity contribution in [2.45, 2.75) is 13.3 Å². The first-order chi connectivity index (χ1) is 10.0. The predicted molar refractivity (Wildman–Crippen MR) is 79.7 cm³/mol. The number of nitro benzene ring substituents is 1. The number of nitrogens with one attached hydrogen (secondary N) is 1. The topological polar surface area (TPSA) is 85.1 Å². The van der Waals surface area contributed by atoms with Crippen LogP contribution in [0.3, 0.4) is 0 Å². The van der Waals surface area contributed by atoms with Crippen LogP contribution in [0, 0.1) is 10.1 Å². The second kappa shape index (κ2) is 6.32. The number of carbonyl (C=O) groups is 1. The average Bonchev–Trinajstić information content (AvgIpc) is 2.47. The zero-order valence-corrected chi connectivity index (χ0v) is 11.9. The number of nitro groups is 1. The summed E-state index contributed by atoms with van der Waals surface area (Å²) < 4.78 is 0. The minimum absolute atomic E-state index is 0.00969. The van der Waals surface area contributed by atoms with Gasteiger partial charge in [0.1, 0.15) is 5.15 Å². The zero-order valence-electron chi connectivity index (χ0n) is 11.2. The number of anilines is 1. The number of rotatable bonds is 4. The molecule has 2 rings (SSSR count). The molecule has 0 bridgehead atoms. The van der Waals surface area contributed by atoms with Crippen molar-refractivity contribution in [1.82, 2.24) is 4.98 Å². The molecule has 0 aliphatic carbocycles. The second-order valence-corrected chi connectivity index (χ2v) is 4.67. The van der Waals surface area contributed by atoms with E-state index in [0.717, 1.165) is 0 Å². The number of halogens is 1. The van der Waals surface area contributed by atoms with Gasteiger partial charge in [0.05, 0.1) is 10.5 Å². The van der Waals surface area contributed by atoms with Crippen LogP contribution in [0.25, 0.3) is 0 Å². The number of amides is 1. The summed E-state index contributed by atoms with van der Waals surface area (Å²) in [6.07, 6.45) is 1.89. The Bertz CT molecular complexity index is 686. The number of hydrogen-bond donors (Lipinski definition) is 1. The summed E-state index contributed by atoms with van der Waals surface area (Å²) in [5.41, 5.74) is 1.29. The van der Waals surface area contributed by atoms with Gasteiger partial charge in [0, 0.05) is 23.5 Å². The van der Waals surface area contributed by atoms with Crippen LogP contribution in [0.1, 0.15) is 22.8 Å². The molecule has 0 atom stereocenters. The smallest absolute Gasteiger partial charge is 0.274 e. The van der Waals surface area contributed by atoms with Crippen molar-refractivity contribution in [3.05, 3.63) is 62.9 Å². The maximum atomic E-state index is 12.0. The minimum atomic E-state index is -0.460. The molecule has 1 N–H and O–H groups in total. The molecule has 2 aromatic rings. The number of hydrogen-bond acceptors (Lipinski definition) is 4. The van der Waals surface area contributed by atoms with Crippen LogP contribution < -0.4 is 5.32 Å². The monoisotopic (exact) mass is 305 g/mol. The van der Waals surface area contributed by atoms with E-state index in [1.54, 1.807) is 12.1 Å². The van der Waals surface area contributed by atoms with Crippen LogP contribution in [0.2, 0.25) is 5.15 Å². The Labute approximate surface area is 125 Å². The van der Waals surface area contributed by atoms with Gasteiger partial charge in [-0.05, 0) is 24.6 Å². The van der Waals surface area contributed by atoms with Crippen LogP contribution in [0.15, 0.2) is 36.5 Å². The quantitative estimate of drug-likeness (QED) is 0.532. The first-order valence-electron chi connectivity index (χ1n) is 6.21. The van der Waals surface area contributed by atoms with E-state index < -0.39 is 10.8 Å². The van der Waals surface area contributed by atoms with Crippen LogP contribution in [-0.2, 0) is 6.42 Å². The van der Waals surface area contributed by atoms with E-state index in [1.807, 2.05) is 6.92 Å². The van der Waals surface area contributed by atoms with Crippen molar-refractivity contribution in [2.75, 3.05) is 5.32 Å². The molecule has 0 unspecified atom stereocenters. The molecule has 0 saturated carbocycles. The van der Waals surface area contributed by atoms with E-state index in [4.69, 9.17) is 11.6 Å². The van der Waals surface area contributed by atoms with Gasteiger partial charge in [-0.2, -0.15) is 0 Å². The third-order valence-corrected chi connectivity index (χ3v) is 3.13. The van der Waals surface area contributed by atoms with Gasteiger partial charge in [0.15, 0.2) is 0 Å². The summed E-state index contributed by atoms with van der Waals surface area (Å²) in [6.45, 7) is 1.83. The van der Waals surface area contributed by atoms with Gasteiger partial charge in [0.2, 0.25) is 0 Å². The van der Waals surface area contributed by atoms with Gasteiger partial charge in [-0.1, -0.05) is 24.6 Å². The molecule has 1 amide bonds. The fourth-order valence-corrected chi connectivity index (χ4v) is 1.94. The normalized spacial score (nSPS) is 10.2. The number of benzene rings is 1. The molecule has 0 aliphatic heterocycles. The van der Waals surface area contributed by atoms with Crippen molar-refractivity contribution < 1.29 is 9.72 Å². The lowest BCUT2D eigenvalue weighted by Gasteiger charge is -2.07. The molecular formula is C14H12ClN3O3. The van der Waals surface area contributed by atoms with E-state index in [9.17, 15) is 14.9 Å². The Morgan fingerprint density at radius 2 is 2.14 bits per heavy atom. The van der Waals surface area contributed by atoms with E-state index in [2.05, 4.69) is 10.3 Å². The fourth-order valence-electron chi connectivity index (χ4n) is 1.82. The van der Waals surface area contributed by atoms with Crippen LogP contribution in [0.4, 0.5) is 11.4 Å². The Morgan fingerprint density at radius 3 is 2.71 bits per heavy atom. The van der Waals surface area contributed by atoms with E-state index >= 15 is 0 Å². The van der Waals surface area contributed by atoms with Gasteiger partial charge >= 0.3 is 0 Å². The molecule has 21 heavy (non-hydrogen) atoms. The maximum absolute atomic E-state index is 12.0. The predicted octanol–water partition coefficient (Wildman–Crippen LogP) is 3.46. The molecule has 1 aromatic carbocycles. The summed E-state index contributed by atoms with van der Waals surface area (Å²) in [7, 11) is 0. The number of pyridine rings is 1. The average molecular weight is 306 g/mol. The standard InChI is InChI=1S/C14H12ClN3O3/c1-2-9-3-5-11(7-12(9)18(20)21)17-14(19)10-4-6-13(15)16-8-10/h3-8H,2H2,1H3,(H,17,19). The van der Waals surface area contributed by atoms with Crippen LogP contribution in [-0.4, -0.2) is 15.8 Å². The summed E-state index contributed by atoms with van der Waals surface area (Å²) >= 11 is 5.65. The SMILES string of the molecule is CCc1ccc(NC(=O)c2ccc(Cl)nc2)cc1[N+](=O)[O-]. The highest BCUT2D eigenvalue weighted by Crippen LogP contribution is 2.24. The fraction of sp³-hybridized carbons (Fsp3) is 0.143. The highest BCUT2D eigenvalue weighted by atomic mass is 35.5. The van der Waals surface area contributed by atoms with Gasteiger partial charge < -0.3 is 5.32 Å². The Balaban J connectivity index is 2.23. The third-order valence-electron chi connectivity index (χ3n) is 2.91. The molecule has 0 saturated heterocycles. The highest BCUT2D eigenvalue weighted by Gasteiger charge is 2.14. The number of nitrogens with zero attached hydrogens (tertiary/aromatic N) is 2. The van der Waals surface area contributed by atoms with E-state index in [-0.39, 0.29) is 10.8 Å². The summed E-state index contributed by atoms with van der Waals surface area (Å²) in [5.74, 6) is -0.405. The zero-order chi connectivity index (χ0) is 15.4. The minimum Gasteiger partial charge on any atom is -0.322 e. The summed E-state index contributed by atoms with van der Waals surface area (Å²) in [6, 6.07) is 7.64. The summed E-state index contributed by atoms with van der Waals surface area (Å²) in [5, 5.41) is 13.9. The lowest BCUT2D eigenvalue weighted by molar-refractivity contribution is -0.385. The molecule has 0 spiro atoms. The first kappa shape index (κ1) is 14.9. The molecule has 7 heteroatoms. The third kappa shape index (κ3) is 3.55. The van der Waals surface area contributed by atoms with Crippen LogP contribution in [0.5, 0.6) is 0 Å². The molecule has 0 fully saturated rings. The molecule has 0 radical (unpaired) electrons. The molecule has 0 aliphatic rings. The van der Waals surface area contributed by atoms with Crippen molar-refractivity contribution >= 4 is 28.9 Å². The Hall–Kier alpha value is -2.47. The molecular weight excluding hydrogens is 294 g/mol. The second-order valence-electron chi connectivity index (χ2n) is 4.28. The summed E-state index contributed by atoms with van der Waals surface area (Å²) in [4.78, 5) is 26.3. The van der Waals surface area contributed by atoms with Gasteiger partial charge in [0.25, 0.3) is 11.6 Å². The lowest BCUT2D eigenvalue weighted by Crippen LogP contribution is -2.12. The van der Waals surface area contributed by atoms with Crippen molar-refractivity contribution in [3.63, 3.8) is 0 Å². The van der Waals surface area contributed by atoms with Gasteiger partial charge in [-0.15, -0.1) is 0 Å². The van der Waals surface area contributed by atoms with Crippen LogP contribution >= 0.6 is 11.6 Å². The number of aromatic nitrogens is 1. The number of carbonyl (C=O) groups excluding carboxylic acids is 1. The van der Waals surface area contributed by atoms with E-state index in [0.29, 0.717) is 23.2 Å². The molecule has 6 nitrogen and oxygen atoms in total. The Kier molecular flexibility index (Phi) is 4.49. The maximum Gasteiger partial charge on any atom is 0.274 e. The molecule has 1 aromatic heterocycles. The van der Waals surface area contributed by atoms with Crippen molar-refractivity contribution in [1.29, 1.82) is 0 Å². The molecule has 108 valence electrons. The van der Waals surface area contributed by atoms with E-state index in [1.165, 1.54) is 24.4 Å². The van der Waals surface area contributed by atoms with Crippen molar-refractivity contribution in [2.24, 2.45) is 0 Å². The Morgan fingerprint density at radius 1 is 1.38 bits per heavy atom. The molecule has 1 heterocycles. The largest absolute Gasteiger partial charge is 0.322 e. The van der Waals surface area contributed by atoms with Crippen molar-refractivity contribution in [3.8, 4) is 0 Å². The van der Waals surface area contributed by atoms with Gasteiger partial charge in [-0.25, -0.2) is 4.98 Å². The van der Waals surface area contributed by atoms with Gasteiger partial charge in [-0.3, -0.25) is 14.9 Å². The lowest BCUT2D eigenvalue weighted by atomic mass is 10.1. The first-order valence-corrected chi connectivity index (χ1v) is 6.59. The number of aryl methyl sites for hydroxylation is 1. The highest BCUT2D eigenvalue weighted by molar-refractivity contribution is 6.29.